The van der Waals surface area contributed by atoms with E-state index >= 15 is 0 Å². The molecule has 4 heteroatoms. The monoisotopic (exact) mass is 368 g/mol. The minimum Gasteiger partial charge on any atom is -0.337 e. The molecule has 1 heterocycles. The van der Waals surface area contributed by atoms with E-state index in [2.05, 4.69) is 48.2 Å². The summed E-state index contributed by atoms with van der Waals surface area (Å²) in [4.78, 5) is 18.7. The summed E-state index contributed by atoms with van der Waals surface area (Å²) >= 11 is 1.68. The van der Waals surface area contributed by atoms with Crippen molar-refractivity contribution in [3.05, 3.63) is 64.7 Å². The summed E-state index contributed by atoms with van der Waals surface area (Å²) in [6, 6.07) is 14.8. The van der Waals surface area contributed by atoms with Gasteiger partial charge in [-0.1, -0.05) is 30.3 Å². The standard InChI is InChI=1S/C22H28N2OS/c1-17-7-4-5-8-19(17)16-23-11-6-12-24(14-13-23)22(25)21-15-20(26-3)10-9-18(21)2/h4-5,7-10,15H,6,11-14,16H2,1-3H3. The molecular formula is C22H28N2OS. The fourth-order valence-electron chi connectivity index (χ4n) is 3.49. The highest BCUT2D eigenvalue weighted by Crippen LogP contribution is 2.21. The van der Waals surface area contributed by atoms with Crippen molar-refractivity contribution in [2.75, 3.05) is 32.4 Å². The van der Waals surface area contributed by atoms with Gasteiger partial charge in [0.25, 0.3) is 5.91 Å². The summed E-state index contributed by atoms with van der Waals surface area (Å²) in [5, 5.41) is 0. The minimum absolute atomic E-state index is 0.177. The Hall–Kier alpha value is -1.78. The Labute approximate surface area is 161 Å². The summed E-state index contributed by atoms with van der Waals surface area (Å²) in [5.74, 6) is 0.177. The van der Waals surface area contributed by atoms with Crippen LogP contribution < -0.4 is 0 Å². The predicted molar refractivity (Wildman–Crippen MR) is 110 cm³/mol. The Kier molecular flexibility index (Phi) is 6.38. The van der Waals surface area contributed by atoms with E-state index in [9.17, 15) is 4.79 Å². The zero-order valence-electron chi connectivity index (χ0n) is 16.0. The Bertz CT molecular complexity index is 774. The molecule has 0 spiro atoms. The molecule has 1 aliphatic heterocycles. The molecular weight excluding hydrogens is 340 g/mol. The molecule has 0 radical (unpaired) electrons. The molecule has 0 saturated carbocycles. The zero-order chi connectivity index (χ0) is 18.5. The van der Waals surface area contributed by atoms with Gasteiger partial charge in [0.15, 0.2) is 0 Å². The Morgan fingerprint density at radius 2 is 1.81 bits per heavy atom. The Morgan fingerprint density at radius 1 is 1.00 bits per heavy atom. The first-order valence-corrected chi connectivity index (χ1v) is 10.5. The first-order chi connectivity index (χ1) is 12.6. The highest BCUT2D eigenvalue weighted by atomic mass is 32.2. The number of amides is 1. The maximum absolute atomic E-state index is 13.1. The van der Waals surface area contributed by atoms with Crippen LogP contribution in [0.25, 0.3) is 0 Å². The number of carbonyl (C=O) groups is 1. The van der Waals surface area contributed by atoms with Gasteiger partial charge < -0.3 is 4.90 Å². The molecule has 1 amide bonds. The number of nitrogens with zero attached hydrogens (tertiary/aromatic N) is 2. The van der Waals surface area contributed by atoms with Gasteiger partial charge in [0, 0.05) is 43.2 Å². The van der Waals surface area contributed by atoms with Crippen molar-refractivity contribution in [2.45, 2.75) is 31.7 Å². The van der Waals surface area contributed by atoms with Gasteiger partial charge in [-0.05, 0) is 55.3 Å². The van der Waals surface area contributed by atoms with E-state index in [1.807, 2.05) is 24.1 Å². The molecule has 1 fully saturated rings. The molecule has 26 heavy (non-hydrogen) atoms. The van der Waals surface area contributed by atoms with Crippen molar-refractivity contribution in [3.8, 4) is 0 Å². The van der Waals surface area contributed by atoms with Crippen molar-refractivity contribution in [3.63, 3.8) is 0 Å². The van der Waals surface area contributed by atoms with Crippen LogP contribution in [-0.2, 0) is 6.54 Å². The first kappa shape index (κ1) is 19.0. The van der Waals surface area contributed by atoms with Gasteiger partial charge in [-0.3, -0.25) is 9.69 Å². The van der Waals surface area contributed by atoms with Crippen LogP contribution in [0.1, 0.15) is 33.5 Å². The fourth-order valence-corrected chi connectivity index (χ4v) is 3.93. The molecule has 3 nitrogen and oxygen atoms in total. The molecule has 1 saturated heterocycles. The molecule has 1 aliphatic rings. The van der Waals surface area contributed by atoms with Crippen molar-refractivity contribution in [1.82, 2.24) is 9.80 Å². The van der Waals surface area contributed by atoms with Crippen molar-refractivity contribution in [2.24, 2.45) is 0 Å². The Balaban J connectivity index is 1.67. The summed E-state index contributed by atoms with van der Waals surface area (Å²) in [5.41, 5.74) is 4.64. The molecule has 0 bridgehead atoms. The van der Waals surface area contributed by atoms with E-state index in [1.54, 1.807) is 11.8 Å². The smallest absolute Gasteiger partial charge is 0.254 e. The maximum Gasteiger partial charge on any atom is 0.254 e. The van der Waals surface area contributed by atoms with Gasteiger partial charge >= 0.3 is 0 Å². The zero-order valence-corrected chi connectivity index (χ0v) is 16.8. The highest BCUT2D eigenvalue weighted by molar-refractivity contribution is 7.98. The number of thioether (sulfide) groups is 1. The van der Waals surface area contributed by atoms with Gasteiger partial charge in [0.2, 0.25) is 0 Å². The second kappa shape index (κ2) is 8.74. The van der Waals surface area contributed by atoms with Gasteiger partial charge in [0.1, 0.15) is 0 Å². The van der Waals surface area contributed by atoms with Crippen LogP contribution in [0.4, 0.5) is 0 Å². The van der Waals surface area contributed by atoms with Gasteiger partial charge in [-0.2, -0.15) is 0 Å². The van der Waals surface area contributed by atoms with Crippen LogP contribution in [0.15, 0.2) is 47.4 Å². The van der Waals surface area contributed by atoms with Crippen LogP contribution in [0.2, 0.25) is 0 Å². The molecule has 0 aliphatic carbocycles. The largest absolute Gasteiger partial charge is 0.337 e. The number of carbonyl (C=O) groups excluding carboxylic acids is 1. The van der Waals surface area contributed by atoms with Crippen LogP contribution in [-0.4, -0.2) is 48.1 Å². The van der Waals surface area contributed by atoms with E-state index in [-0.39, 0.29) is 5.91 Å². The van der Waals surface area contributed by atoms with Crippen LogP contribution in [0, 0.1) is 13.8 Å². The second-order valence-corrected chi connectivity index (χ2v) is 7.91. The first-order valence-electron chi connectivity index (χ1n) is 9.29. The molecule has 138 valence electrons. The third-order valence-electron chi connectivity index (χ3n) is 5.21. The lowest BCUT2D eigenvalue weighted by atomic mass is 10.1. The summed E-state index contributed by atoms with van der Waals surface area (Å²) in [7, 11) is 0. The quantitative estimate of drug-likeness (QED) is 0.749. The maximum atomic E-state index is 13.1. The van der Waals surface area contributed by atoms with E-state index in [4.69, 9.17) is 0 Å². The average molecular weight is 369 g/mol. The molecule has 0 atom stereocenters. The fraction of sp³-hybridized carbons (Fsp3) is 0.409. The van der Waals surface area contributed by atoms with Gasteiger partial charge in [-0.15, -0.1) is 11.8 Å². The van der Waals surface area contributed by atoms with E-state index in [0.717, 1.165) is 55.2 Å². The summed E-state index contributed by atoms with van der Waals surface area (Å²) < 4.78 is 0. The lowest BCUT2D eigenvalue weighted by molar-refractivity contribution is 0.0760. The highest BCUT2D eigenvalue weighted by Gasteiger charge is 2.22. The van der Waals surface area contributed by atoms with E-state index in [0.29, 0.717) is 0 Å². The third-order valence-corrected chi connectivity index (χ3v) is 5.93. The molecule has 2 aromatic carbocycles. The predicted octanol–water partition coefficient (Wildman–Crippen LogP) is 4.37. The number of aryl methyl sites for hydroxylation is 2. The molecule has 3 rings (SSSR count). The molecule has 2 aromatic rings. The van der Waals surface area contributed by atoms with Crippen LogP contribution in [0.5, 0.6) is 0 Å². The molecule has 0 unspecified atom stereocenters. The number of benzene rings is 2. The SMILES string of the molecule is CSc1ccc(C)c(C(=O)N2CCCN(Cc3ccccc3C)CC2)c1. The van der Waals surface area contributed by atoms with Crippen LogP contribution >= 0.6 is 11.8 Å². The lowest BCUT2D eigenvalue weighted by Crippen LogP contribution is -2.35. The van der Waals surface area contributed by atoms with E-state index in [1.165, 1.54) is 11.1 Å². The third kappa shape index (κ3) is 4.49. The molecule has 0 N–H and O–H groups in total. The number of hydrogen-bond acceptors (Lipinski definition) is 3. The second-order valence-electron chi connectivity index (χ2n) is 7.03. The lowest BCUT2D eigenvalue weighted by Gasteiger charge is -2.23. The van der Waals surface area contributed by atoms with Crippen molar-refractivity contribution in [1.29, 1.82) is 0 Å². The van der Waals surface area contributed by atoms with Crippen LogP contribution in [0.3, 0.4) is 0 Å². The average Bonchev–Trinajstić information content (AvgIpc) is 2.89. The normalized spacial score (nSPS) is 15.7. The molecule has 0 aromatic heterocycles. The number of rotatable bonds is 4. The number of hydrogen-bond donors (Lipinski definition) is 0. The van der Waals surface area contributed by atoms with E-state index < -0.39 is 0 Å². The minimum atomic E-state index is 0.177. The van der Waals surface area contributed by atoms with Gasteiger partial charge in [0.05, 0.1) is 0 Å². The Morgan fingerprint density at radius 3 is 2.58 bits per heavy atom. The summed E-state index contributed by atoms with van der Waals surface area (Å²) in [6.45, 7) is 8.78. The van der Waals surface area contributed by atoms with Gasteiger partial charge in [-0.25, -0.2) is 0 Å². The summed E-state index contributed by atoms with van der Waals surface area (Å²) in [6.07, 6.45) is 3.08. The van der Waals surface area contributed by atoms with Crippen molar-refractivity contribution < 1.29 is 4.79 Å². The van der Waals surface area contributed by atoms with Crippen molar-refractivity contribution >= 4 is 17.7 Å². The topological polar surface area (TPSA) is 23.6 Å².